The summed E-state index contributed by atoms with van der Waals surface area (Å²) in [6.45, 7) is 12.4. The lowest BCUT2D eigenvalue weighted by atomic mass is 9.97. The van der Waals surface area contributed by atoms with Crippen LogP contribution in [0.5, 0.6) is 0 Å². The van der Waals surface area contributed by atoms with E-state index in [-0.39, 0.29) is 64.1 Å². The van der Waals surface area contributed by atoms with Crippen molar-refractivity contribution < 1.29 is 28.0 Å². The number of nitrogens with zero attached hydrogens (tertiary/aromatic N) is 2. The first-order chi connectivity index (χ1) is 26.6. The fourth-order valence-corrected chi connectivity index (χ4v) is 6.58. The Morgan fingerprint density at radius 2 is 1.25 bits per heavy atom. The summed E-state index contributed by atoms with van der Waals surface area (Å²) >= 11 is 0. The van der Waals surface area contributed by atoms with Crippen LogP contribution in [0, 0.1) is 42.7 Å². The van der Waals surface area contributed by atoms with Crippen LogP contribution in [0.15, 0.2) is 60.9 Å². The molecule has 4 N–H and O–H groups in total. The number of amides is 4. The van der Waals surface area contributed by atoms with Crippen LogP contribution in [0.25, 0.3) is 22.5 Å². The second kappa shape index (κ2) is 16.7. The van der Waals surface area contributed by atoms with Crippen LogP contribution < -0.4 is 21.3 Å². The van der Waals surface area contributed by atoms with Crippen LogP contribution in [0.3, 0.4) is 0 Å². The third kappa shape index (κ3) is 10.2. The minimum Gasteiger partial charge on any atom is -0.352 e. The number of hydrogen-bond acceptors (Lipinski definition) is 6. The molecule has 294 valence electrons. The molecule has 3 atom stereocenters. The lowest BCUT2D eigenvalue weighted by molar-refractivity contribution is 0.0933. The summed E-state index contributed by atoms with van der Waals surface area (Å²) in [6.07, 6.45) is 7.18. The van der Waals surface area contributed by atoms with E-state index in [4.69, 9.17) is 0 Å². The van der Waals surface area contributed by atoms with Crippen molar-refractivity contribution in [3.63, 3.8) is 0 Å². The maximum absolute atomic E-state index is 15.0. The number of aromatic nitrogens is 2. The molecule has 6 rings (SSSR count). The van der Waals surface area contributed by atoms with Crippen molar-refractivity contribution >= 4 is 23.6 Å². The maximum Gasteiger partial charge on any atom is 0.252 e. The molecule has 10 nitrogen and oxygen atoms in total. The molecule has 2 saturated carbocycles. The zero-order chi connectivity index (χ0) is 40.3. The fourth-order valence-electron chi connectivity index (χ4n) is 6.58. The third-order valence-corrected chi connectivity index (χ3v) is 10.4. The number of carbonyl (C=O) groups excluding carboxylic acids is 4. The first kappa shape index (κ1) is 40.2. The van der Waals surface area contributed by atoms with Gasteiger partial charge >= 0.3 is 0 Å². The molecule has 0 spiro atoms. The number of nitrogens with one attached hydrogen (secondary N) is 4. The maximum atomic E-state index is 15.0. The second-order valence-electron chi connectivity index (χ2n) is 16.6. The summed E-state index contributed by atoms with van der Waals surface area (Å²) in [5.74, 6) is -1.63. The van der Waals surface area contributed by atoms with Crippen molar-refractivity contribution in [2.24, 2.45) is 17.3 Å². The molecule has 12 heteroatoms. The summed E-state index contributed by atoms with van der Waals surface area (Å²) in [7, 11) is 0. The van der Waals surface area contributed by atoms with Crippen molar-refractivity contribution in [1.82, 2.24) is 31.2 Å². The van der Waals surface area contributed by atoms with E-state index in [0.29, 0.717) is 57.9 Å². The zero-order valence-corrected chi connectivity index (χ0v) is 32.8. The number of hydrogen-bond donors (Lipinski definition) is 4. The van der Waals surface area contributed by atoms with E-state index < -0.39 is 11.6 Å². The highest BCUT2D eigenvalue weighted by Gasteiger charge is 2.39. The average molecular weight is 765 g/mol. The van der Waals surface area contributed by atoms with Crippen molar-refractivity contribution in [3.8, 4) is 22.5 Å². The summed E-state index contributed by atoms with van der Waals surface area (Å²) in [5, 5.41) is 11.8. The van der Waals surface area contributed by atoms with E-state index in [2.05, 4.69) is 38.2 Å². The van der Waals surface area contributed by atoms with Gasteiger partial charge in [0.05, 0.1) is 22.5 Å². The SMILES string of the molecule is Cc1c(F)cc(C(=O)NC2CC2)cc1-c1ccc(C(=O)NCCC(C)CC2CC2NC(=O)c2cc(F)c(C)c(-c3ccc(C(=O)NCC(C)(C)C)cn3)c2)cn1. The normalized spacial score (nSPS) is 16.8. The molecule has 0 saturated heterocycles. The zero-order valence-electron chi connectivity index (χ0n) is 32.8. The number of benzene rings is 2. The Bertz CT molecular complexity index is 2130. The van der Waals surface area contributed by atoms with Crippen LogP contribution in [0.4, 0.5) is 8.78 Å². The molecule has 4 amide bonds. The molecule has 2 aromatic heterocycles. The lowest BCUT2D eigenvalue weighted by Crippen LogP contribution is -2.32. The van der Waals surface area contributed by atoms with Gasteiger partial charge in [0.15, 0.2) is 0 Å². The lowest BCUT2D eigenvalue weighted by Gasteiger charge is -2.18. The van der Waals surface area contributed by atoms with Gasteiger partial charge in [-0.25, -0.2) is 8.78 Å². The summed E-state index contributed by atoms with van der Waals surface area (Å²) in [6, 6.07) is 12.5. The number of rotatable bonds is 14. The quantitative estimate of drug-likeness (QED) is 0.106. The molecule has 0 aliphatic heterocycles. The van der Waals surface area contributed by atoms with Crippen LogP contribution in [-0.2, 0) is 0 Å². The standard InChI is InChI=1S/C44H50F2N6O4/c1-24(13-14-47-40(53)27-7-11-37(48-21-27)33-16-30(18-35(45)25(33)2)42(55)51-32-9-10-32)15-29-20-39(29)52-43(56)31-17-34(26(3)36(46)19-31)38-12-8-28(22-49-38)41(54)50-23-44(4,5)6/h7-8,11-12,16-19,21-22,24,29,32,39H,9-10,13-15,20,23H2,1-6H3,(H,47,53)(H,50,54)(H,51,55)(H,52,56). The van der Waals surface area contributed by atoms with Gasteiger partial charge < -0.3 is 21.3 Å². The molecule has 2 aliphatic rings. The Labute approximate surface area is 326 Å². The second-order valence-corrected chi connectivity index (χ2v) is 16.6. The summed E-state index contributed by atoms with van der Waals surface area (Å²) < 4.78 is 29.8. The highest BCUT2D eigenvalue weighted by Crippen LogP contribution is 2.37. The smallest absolute Gasteiger partial charge is 0.252 e. The average Bonchev–Trinajstić information content (AvgIpc) is 4.11. The molecule has 2 aliphatic carbocycles. The van der Waals surface area contributed by atoms with Crippen LogP contribution in [-0.4, -0.2) is 58.8 Å². The molecule has 2 fully saturated rings. The topological polar surface area (TPSA) is 142 Å². The van der Waals surface area contributed by atoms with Gasteiger partial charge in [-0.3, -0.25) is 29.1 Å². The van der Waals surface area contributed by atoms with Gasteiger partial charge in [0.2, 0.25) is 0 Å². The number of pyridine rings is 2. The van der Waals surface area contributed by atoms with Gasteiger partial charge in [-0.05, 0) is 123 Å². The Kier molecular flexibility index (Phi) is 12.0. The molecule has 3 unspecified atom stereocenters. The third-order valence-electron chi connectivity index (χ3n) is 10.4. The highest BCUT2D eigenvalue weighted by molar-refractivity contribution is 5.98. The van der Waals surface area contributed by atoms with Gasteiger partial charge in [-0.2, -0.15) is 0 Å². The summed E-state index contributed by atoms with van der Waals surface area (Å²) in [4.78, 5) is 60.0. The van der Waals surface area contributed by atoms with E-state index in [1.54, 1.807) is 50.2 Å². The Hall–Kier alpha value is -5.52. The van der Waals surface area contributed by atoms with Gasteiger partial charge in [0, 0.05) is 59.8 Å². The van der Waals surface area contributed by atoms with Crippen LogP contribution >= 0.6 is 0 Å². The van der Waals surface area contributed by atoms with Crippen LogP contribution in [0.2, 0.25) is 0 Å². The van der Waals surface area contributed by atoms with Gasteiger partial charge in [-0.1, -0.05) is 27.7 Å². The van der Waals surface area contributed by atoms with Gasteiger partial charge in [0.1, 0.15) is 11.6 Å². The largest absolute Gasteiger partial charge is 0.352 e. The predicted octanol–water partition coefficient (Wildman–Crippen LogP) is 7.34. The number of carbonyl (C=O) groups is 4. The Morgan fingerprint density at radius 1 is 0.732 bits per heavy atom. The molecular formula is C44H50F2N6O4. The van der Waals surface area contributed by atoms with Crippen molar-refractivity contribution in [2.45, 2.75) is 85.7 Å². The minimum atomic E-state index is -0.513. The van der Waals surface area contributed by atoms with E-state index in [1.807, 2.05) is 20.8 Å². The molecule has 2 aromatic carbocycles. The van der Waals surface area contributed by atoms with E-state index >= 15 is 4.39 Å². The molecule has 2 heterocycles. The first-order valence-corrected chi connectivity index (χ1v) is 19.3. The highest BCUT2D eigenvalue weighted by atomic mass is 19.1. The fraction of sp³-hybridized carbons (Fsp3) is 0.409. The van der Waals surface area contributed by atoms with Gasteiger partial charge in [-0.15, -0.1) is 0 Å². The molecule has 56 heavy (non-hydrogen) atoms. The van der Waals surface area contributed by atoms with Gasteiger partial charge in [0.25, 0.3) is 23.6 Å². The molecule has 0 bridgehead atoms. The first-order valence-electron chi connectivity index (χ1n) is 19.3. The molecule has 4 aromatic rings. The monoisotopic (exact) mass is 764 g/mol. The van der Waals surface area contributed by atoms with E-state index in [0.717, 1.165) is 32.1 Å². The molecule has 0 radical (unpaired) electrons. The predicted molar refractivity (Wildman–Crippen MR) is 211 cm³/mol. The van der Waals surface area contributed by atoms with Crippen molar-refractivity contribution in [3.05, 3.63) is 106 Å². The number of halogens is 2. The van der Waals surface area contributed by atoms with E-state index in [1.165, 1.54) is 24.5 Å². The van der Waals surface area contributed by atoms with Crippen LogP contribution in [0.1, 0.15) is 112 Å². The van der Waals surface area contributed by atoms with Crippen molar-refractivity contribution in [1.29, 1.82) is 0 Å². The molecular weight excluding hydrogens is 715 g/mol. The summed E-state index contributed by atoms with van der Waals surface area (Å²) in [5.41, 5.74) is 3.78. The minimum absolute atomic E-state index is 0.0219. The van der Waals surface area contributed by atoms with E-state index in [9.17, 15) is 23.6 Å². The van der Waals surface area contributed by atoms with Crippen molar-refractivity contribution in [2.75, 3.05) is 13.1 Å². The Balaban J connectivity index is 0.961. The Morgan fingerprint density at radius 3 is 1.73 bits per heavy atom.